The van der Waals surface area contributed by atoms with Gasteiger partial charge in [-0.1, -0.05) is 57.9 Å². The quantitative estimate of drug-likeness (QED) is 0.0952. The number of nitrogens with one attached hydrogen (secondary N) is 1. The molecule has 0 atom stereocenters. The van der Waals surface area contributed by atoms with E-state index in [1.807, 2.05) is 55.5 Å². The van der Waals surface area contributed by atoms with Gasteiger partial charge in [-0.3, -0.25) is 4.79 Å². The van der Waals surface area contributed by atoms with Crippen LogP contribution in [0.15, 0.2) is 107 Å². The summed E-state index contributed by atoms with van der Waals surface area (Å²) in [6, 6.07) is 29.0. The van der Waals surface area contributed by atoms with E-state index < -0.39 is 5.97 Å². The number of esters is 1. The number of rotatable bonds is 7. The van der Waals surface area contributed by atoms with E-state index in [-0.39, 0.29) is 11.7 Å². The van der Waals surface area contributed by atoms with Gasteiger partial charge in [0.05, 0.1) is 35.7 Å². The molecule has 0 unspecified atom stereocenters. The van der Waals surface area contributed by atoms with Crippen molar-refractivity contribution in [1.82, 2.24) is 10.4 Å². The number of aromatic nitrogens is 1. The molecule has 0 spiro atoms. The summed E-state index contributed by atoms with van der Waals surface area (Å²) in [4.78, 5) is 30.5. The molecule has 0 saturated heterocycles. The molecule has 0 fully saturated rings. The molecule has 4 aromatic carbocycles. The molecular formula is C32H24BrN3O4. The minimum absolute atomic E-state index is 0.275. The highest BCUT2D eigenvalue weighted by Gasteiger charge is 2.15. The Bertz CT molecular complexity index is 1740. The number of carbonyl (C=O) groups is 2. The Morgan fingerprint density at radius 2 is 1.68 bits per heavy atom. The summed E-state index contributed by atoms with van der Waals surface area (Å²) in [5.41, 5.74) is 7.46. The second kappa shape index (κ2) is 11.9. The molecule has 5 aromatic rings. The highest BCUT2D eigenvalue weighted by Crippen LogP contribution is 2.29. The molecule has 1 aromatic heterocycles. The van der Waals surface area contributed by atoms with Crippen molar-refractivity contribution in [3.8, 4) is 22.8 Å². The van der Waals surface area contributed by atoms with Crippen LogP contribution < -0.4 is 14.9 Å². The topological polar surface area (TPSA) is 89.9 Å². The molecule has 0 aliphatic heterocycles. The number of carbonyl (C=O) groups excluding carboxylic acids is 2. The number of amides is 1. The summed E-state index contributed by atoms with van der Waals surface area (Å²) in [6.45, 7) is 1.97. The Labute approximate surface area is 239 Å². The fraction of sp³-hybridized carbons (Fsp3) is 0.0625. The average Bonchev–Trinajstić information content (AvgIpc) is 2.98. The van der Waals surface area contributed by atoms with Gasteiger partial charge in [-0.15, -0.1) is 0 Å². The lowest BCUT2D eigenvalue weighted by molar-refractivity contribution is 0.0729. The first-order valence-corrected chi connectivity index (χ1v) is 13.2. The molecule has 1 heterocycles. The van der Waals surface area contributed by atoms with Gasteiger partial charge in [-0.25, -0.2) is 15.2 Å². The van der Waals surface area contributed by atoms with Crippen LogP contribution in [0.5, 0.6) is 11.5 Å². The molecule has 40 heavy (non-hydrogen) atoms. The second-order valence-corrected chi connectivity index (χ2v) is 9.86. The average molecular weight is 594 g/mol. The fourth-order valence-electron chi connectivity index (χ4n) is 4.10. The number of hydrogen-bond acceptors (Lipinski definition) is 6. The Hall–Kier alpha value is -4.82. The standard InChI is InChI=1S/C32H24BrN3O4/c1-20-8-14-27-25(16-20)26(18-28(35-27)22-10-12-24(33)13-11-22)31(37)36-34-19-21-9-15-29(30(17-21)39-2)40-32(38)23-6-4-3-5-7-23/h3-19H,1-2H3,(H,36,37). The van der Waals surface area contributed by atoms with E-state index in [2.05, 4.69) is 26.5 Å². The van der Waals surface area contributed by atoms with Gasteiger partial charge in [0.1, 0.15) is 0 Å². The van der Waals surface area contributed by atoms with Gasteiger partial charge >= 0.3 is 5.97 Å². The van der Waals surface area contributed by atoms with Crippen LogP contribution in [0, 0.1) is 6.92 Å². The van der Waals surface area contributed by atoms with E-state index in [9.17, 15) is 9.59 Å². The summed E-state index contributed by atoms with van der Waals surface area (Å²) in [6.07, 6.45) is 1.49. The summed E-state index contributed by atoms with van der Waals surface area (Å²) in [5, 5.41) is 4.90. The molecule has 0 aliphatic rings. The summed E-state index contributed by atoms with van der Waals surface area (Å²) in [5.74, 6) is -0.228. The molecule has 0 radical (unpaired) electrons. The number of hydrazone groups is 1. The first kappa shape index (κ1) is 26.8. The third-order valence-corrected chi connectivity index (χ3v) is 6.66. The van der Waals surface area contributed by atoms with Crippen LogP contribution in [0.4, 0.5) is 0 Å². The lowest BCUT2D eigenvalue weighted by atomic mass is 10.0. The molecular weight excluding hydrogens is 570 g/mol. The van der Waals surface area contributed by atoms with Crippen LogP contribution in [-0.4, -0.2) is 30.2 Å². The van der Waals surface area contributed by atoms with Crippen LogP contribution in [0.2, 0.25) is 0 Å². The van der Waals surface area contributed by atoms with E-state index in [0.717, 1.165) is 21.0 Å². The fourth-order valence-corrected chi connectivity index (χ4v) is 4.37. The lowest BCUT2D eigenvalue weighted by Crippen LogP contribution is -2.18. The first-order chi connectivity index (χ1) is 19.4. The predicted molar refractivity (Wildman–Crippen MR) is 159 cm³/mol. The number of fused-ring (bicyclic) bond motifs is 1. The van der Waals surface area contributed by atoms with Gasteiger partial charge in [0, 0.05) is 15.4 Å². The largest absolute Gasteiger partial charge is 0.493 e. The minimum atomic E-state index is -0.491. The van der Waals surface area contributed by atoms with Crippen molar-refractivity contribution in [1.29, 1.82) is 0 Å². The van der Waals surface area contributed by atoms with Crippen molar-refractivity contribution in [2.75, 3.05) is 7.11 Å². The van der Waals surface area contributed by atoms with Crippen molar-refractivity contribution in [2.24, 2.45) is 5.10 Å². The van der Waals surface area contributed by atoms with Crippen molar-refractivity contribution in [3.63, 3.8) is 0 Å². The highest BCUT2D eigenvalue weighted by atomic mass is 79.9. The molecule has 198 valence electrons. The van der Waals surface area contributed by atoms with Crippen molar-refractivity contribution in [3.05, 3.63) is 124 Å². The number of aryl methyl sites for hydroxylation is 1. The second-order valence-electron chi connectivity index (χ2n) is 8.95. The monoisotopic (exact) mass is 593 g/mol. The molecule has 0 bridgehead atoms. The van der Waals surface area contributed by atoms with Crippen molar-refractivity contribution in [2.45, 2.75) is 6.92 Å². The Morgan fingerprint density at radius 3 is 2.42 bits per heavy atom. The van der Waals surface area contributed by atoms with E-state index in [0.29, 0.717) is 33.7 Å². The maximum absolute atomic E-state index is 13.3. The molecule has 1 N–H and O–H groups in total. The number of methoxy groups -OCH3 is 1. The van der Waals surface area contributed by atoms with Gasteiger partial charge in [0.2, 0.25) is 0 Å². The normalized spacial score (nSPS) is 11.0. The first-order valence-electron chi connectivity index (χ1n) is 12.4. The summed E-state index contributed by atoms with van der Waals surface area (Å²) < 4.78 is 11.9. The zero-order valence-corrected chi connectivity index (χ0v) is 23.3. The zero-order valence-electron chi connectivity index (χ0n) is 21.7. The number of ether oxygens (including phenoxy) is 2. The maximum Gasteiger partial charge on any atom is 0.343 e. The van der Waals surface area contributed by atoms with E-state index in [4.69, 9.17) is 14.5 Å². The molecule has 7 nitrogen and oxygen atoms in total. The Kier molecular flexibility index (Phi) is 7.98. The molecule has 0 aliphatic carbocycles. The molecule has 8 heteroatoms. The molecule has 1 amide bonds. The van der Waals surface area contributed by atoms with Crippen LogP contribution in [-0.2, 0) is 0 Å². The Balaban J connectivity index is 1.36. The zero-order chi connectivity index (χ0) is 28.1. The third-order valence-electron chi connectivity index (χ3n) is 6.13. The van der Waals surface area contributed by atoms with Gasteiger partial charge in [-0.05, 0) is 73.2 Å². The predicted octanol–water partition coefficient (Wildman–Crippen LogP) is 6.96. The summed E-state index contributed by atoms with van der Waals surface area (Å²) in [7, 11) is 1.48. The maximum atomic E-state index is 13.3. The molecule has 5 rings (SSSR count). The number of pyridine rings is 1. The lowest BCUT2D eigenvalue weighted by Gasteiger charge is -2.10. The van der Waals surface area contributed by atoms with Crippen LogP contribution >= 0.6 is 15.9 Å². The van der Waals surface area contributed by atoms with Gasteiger partial charge in [-0.2, -0.15) is 5.10 Å². The summed E-state index contributed by atoms with van der Waals surface area (Å²) >= 11 is 3.45. The smallest absolute Gasteiger partial charge is 0.343 e. The number of halogens is 1. The highest BCUT2D eigenvalue weighted by molar-refractivity contribution is 9.10. The minimum Gasteiger partial charge on any atom is -0.493 e. The number of nitrogens with zero attached hydrogens (tertiary/aromatic N) is 2. The van der Waals surface area contributed by atoms with Gasteiger partial charge in [0.15, 0.2) is 11.5 Å². The number of hydrogen-bond donors (Lipinski definition) is 1. The Morgan fingerprint density at radius 1 is 0.900 bits per heavy atom. The SMILES string of the molecule is COc1cc(C=NNC(=O)c2cc(-c3ccc(Br)cc3)nc3ccc(C)cc23)ccc1OC(=O)c1ccccc1. The third kappa shape index (κ3) is 6.08. The van der Waals surface area contributed by atoms with Crippen LogP contribution in [0.1, 0.15) is 31.8 Å². The van der Waals surface area contributed by atoms with Gasteiger partial charge < -0.3 is 9.47 Å². The van der Waals surface area contributed by atoms with E-state index in [1.165, 1.54) is 13.3 Å². The van der Waals surface area contributed by atoms with Crippen molar-refractivity contribution < 1.29 is 19.1 Å². The van der Waals surface area contributed by atoms with Crippen LogP contribution in [0.3, 0.4) is 0 Å². The number of benzene rings is 4. The van der Waals surface area contributed by atoms with Gasteiger partial charge in [0.25, 0.3) is 5.91 Å². The van der Waals surface area contributed by atoms with Crippen LogP contribution in [0.25, 0.3) is 22.2 Å². The van der Waals surface area contributed by atoms with E-state index in [1.54, 1.807) is 48.5 Å². The van der Waals surface area contributed by atoms with E-state index >= 15 is 0 Å². The van der Waals surface area contributed by atoms with Crippen molar-refractivity contribution >= 4 is 44.9 Å². The molecule has 0 saturated carbocycles.